The van der Waals surface area contributed by atoms with E-state index in [9.17, 15) is 4.79 Å². The number of fused-ring (bicyclic) bond motifs is 1. The maximum atomic E-state index is 12.7. The van der Waals surface area contributed by atoms with Crippen molar-refractivity contribution in [2.45, 2.75) is 25.9 Å². The highest BCUT2D eigenvalue weighted by molar-refractivity contribution is 6.30. The number of halogens is 1. The van der Waals surface area contributed by atoms with Crippen LogP contribution in [0.1, 0.15) is 29.2 Å². The molecule has 154 valence electrons. The van der Waals surface area contributed by atoms with Crippen LogP contribution in [0.25, 0.3) is 0 Å². The van der Waals surface area contributed by atoms with Gasteiger partial charge in [0.1, 0.15) is 6.10 Å². The molecule has 1 aliphatic heterocycles. The fourth-order valence-corrected chi connectivity index (χ4v) is 3.93. The molecule has 1 aliphatic rings. The van der Waals surface area contributed by atoms with Gasteiger partial charge in [-0.2, -0.15) is 0 Å². The average molecular weight is 421 g/mol. The molecule has 5 heteroatoms. The van der Waals surface area contributed by atoms with E-state index in [1.807, 2.05) is 55.5 Å². The van der Waals surface area contributed by atoms with Crippen LogP contribution in [0.4, 0.5) is 16.2 Å². The minimum absolute atomic E-state index is 0.418. The van der Waals surface area contributed by atoms with Crippen LogP contribution in [0, 0.1) is 6.92 Å². The van der Waals surface area contributed by atoms with Gasteiger partial charge in [-0.3, -0.25) is 5.32 Å². The third kappa shape index (κ3) is 4.95. The normalized spacial score (nSPS) is 14.0. The van der Waals surface area contributed by atoms with Crippen molar-refractivity contribution in [1.29, 1.82) is 0 Å². The second-order valence-corrected chi connectivity index (χ2v) is 8.05. The largest absolute Gasteiger partial charge is 0.439 e. The third-order valence-corrected chi connectivity index (χ3v) is 5.63. The number of benzene rings is 3. The Kier molecular flexibility index (Phi) is 6.24. The molecule has 0 saturated carbocycles. The van der Waals surface area contributed by atoms with Crippen molar-refractivity contribution in [3.8, 4) is 0 Å². The highest BCUT2D eigenvalue weighted by atomic mass is 35.5. The first-order chi connectivity index (χ1) is 14.6. The Bertz CT molecular complexity index is 1000. The highest BCUT2D eigenvalue weighted by Gasteiger charge is 2.24. The van der Waals surface area contributed by atoms with Gasteiger partial charge in [-0.25, -0.2) is 4.79 Å². The lowest BCUT2D eigenvalue weighted by Crippen LogP contribution is -2.35. The molecule has 4 rings (SSSR count). The number of hydrogen-bond acceptors (Lipinski definition) is 3. The summed E-state index contributed by atoms with van der Waals surface area (Å²) in [6.07, 6.45) is 1.27. The monoisotopic (exact) mass is 420 g/mol. The number of para-hydroxylation sites is 1. The lowest BCUT2D eigenvalue weighted by molar-refractivity contribution is 0.114. The Morgan fingerprint density at radius 2 is 1.80 bits per heavy atom. The van der Waals surface area contributed by atoms with E-state index in [1.54, 1.807) is 0 Å². The van der Waals surface area contributed by atoms with Gasteiger partial charge in [-0.05, 0) is 61.2 Å². The first-order valence-corrected chi connectivity index (χ1v) is 10.6. The summed E-state index contributed by atoms with van der Waals surface area (Å²) < 4.78 is 5.89. The van der Waals surface area contributed by atoms with E-state index in [0.717, 1.165) is 30.5 Å². The number of aryl methyl sites for hydroxylation is 2. The average Bonchev–Trinajstić information content (AvgIpc) is 2.76. The lowest BCUT2D eigenvalue weighted by Gasteiger charge is -2.34. The van der Waals surface area contributed by atoms with Crippen LogP contribution in [0.3, 0.4) is 0 Å². The number of carbonyl (C=O) groups excluding carboxylic acids is 1. The van der Waals surface area contributed by atoms with E-state index >= 15 is 0 Å². The third-order valence-electron chi connectivity index (χ3n) is 5.38. The number of carbonyl (C=O) groups is 1. The van der Waals surface area contributed by atoms with E-state index in [0.29, 0.717) is 17.3 Å². The first-order valence-electron chi connectivity index (χ1n) is 10.2. The molecule has 3 aromatic carbocycles. The molecular weight excluding hydrogens is 396 g/mol. The number of anilines is 2. The molecule has 0 spiro atoms. The van der Waals surface area contributed by atoms with Crippen molar-refractivity contribution in [1.82, 2.24) is 0 Å². The van der Waals surface area contributed by atoms with Gasteiger partial charge >= 0.3 is 6.09 Å². The molecule has 1 atom stereocenters. The molecule has 1 amide bonds. The minimum atomic E-state index is -0.468. The van der Waals surface area contributed by atoms with Gasteiger partial charge in [0.2, 0.25) is 0 Å². The highest BCUT2D eigenvalue weighted by Crippen LogP contribution is 2.30. The van der Waals surface area contributed by atoms with Crippen molar-refractivity contribution in [3.63, 3.8) is 0 Å². The van der Waals surface area contributed by atoms with Gasteiger partial charge in [0.05, 0.1) is 6.54 Å². The molecule has 3 aromatic rings. The molecule has 0 aliphatic carbocycles. The number of amides is 1. The van der Waals surface area contributed by atoms with E-state index < -0.39 is 12.2 Å². The molecule has 0 bridgehead atoms. The van der Waals surface area contributed by atoms with E-state index in [-0.39, 0.29) is 0 Å². The molecule has 30 heavy (non-hydrogen) atoms. The smallest absolute Gasteiger partial charge is 0.412 e. The lowest BCUT2D eigenvalue weighted by atomic mass is 10.0. The van der Waals surface area contributed by atoms with Crippen molar-refractivity contribution in [3.05, 3.63) is 94.5 Å². The summed E-state index contributed by atoms with van der Waals surface area (Å²) in [7, 11) is 0. The predicted molar refractivity (Wildman–Crippen MR) is 122 cm³/mol. The Morgan fingerprint density at radius 3 is 2.57 bits per heavy atom. The number of hydrogen-bond donors (Lipinski definition) is 1. The Hall–Kier alpha value is -2.98. The zero-order chi connectivity index (χ0) is 20.9. The minimum Gasteiger partial charge on any atom is -0.439 e. The predicted octanol–water partition coefficient (Wildman–Crippen LogP) is 6.39. The summed E-state index contributed by atoms with van der Waals surface area (Å²) in [5.74, 6) is 0. The van der Waals surface area contributed by atoms with Crippen molar-refractivity contribution in [2.24, 2.45) is 0 Å². The first kappa shape index (κ1) is 20.3. The molecule has 0 aromatic heterocycles. The van der Waals surface area contributed by atoms with Crippen molar-refractivity contribution >= 4 is 29.1 Å². The summed E-state index contributed by atoms with van der Waals surface area (Å²) in [5, 5.41) is 3.49. The summed E-state index contributed by atoms with van der Waals surface area (Å²) >= 11 is 6.07. The standard InChI is InChI=1S/C25H25ClN2O2/c1-18-8-14-22(15-9-18)27-25(29)30-24(20-10-12-21(26)13-11-20)17-28-16-4-6-19-5-2-3-7-23(19)28/h2-3,5,7-15,24H,4,6,16-17H2,1H3,(H,27,29). The van der Waals surface area contributed by atoms with E-state index in [4.69, 9.17) is 16.3 Å². The van der Waals surface area contributed by atoms with Crippen LogP contribution in [0.5, 0.6) is 0 Å². The summed E-state index contributed by atoms with van der Waals surface area (Å²) in [5.41, 5.74) is 5.31. The van der Waals surface area contributed by atoms with Crippen molar-refractivity contribution < 1.29 is 9.53 Å². The van der Waals surface area contributed by atoms with Crippen LogP contribution in [-0.4, -0.2) is 19.2 Å². The number of rotatable bonds is 5. The van der Waals surface area contributed by atoms with Crippen LogP contribution in [0.15, 0.2) is 72.8 Å². The molecule has 4 nitrogen and oxygen atoms in total. The van der Waals surface area contributed by atoms with Crippen LogP contribution in [0.2, 0.25) is 5.02 Å². The zero-order valence-corrected chi connectivity index (χ0v) is 17.7. The maximum absolute atomic E-state index is 12.7. The van der Waals surface area contributed by atoms with Gasteiger partial charge in [-0.1, -0.05) is 59.6 Å². The summed E-state index contributed by atoms with van der Waals surface area (Å²) in [4.78, 5) is 15.0. The Morgan fingerprint density at radius 1 is 1.07 bits per heavy atom. The Labute approximate surface area is 182 Å². The van der Waals surface area contributed by atoms with Gasteiger partial charge in [0.25, 0.3) is 0 Å². The van der Waals surface area contributed by atoms with Crippen LogP contribution < -0.4 is 10.2 Å². The topological polar surface area (TPSA) is 41.6 Å². The molecule has 0 radical (unpaired) electrons. The second-order valence-electron chi connectivity index (χ2n) is 7.61. The molecular formula is C25H25ClN2O2. The molecule has 1 N–H and O–H groups in total. The molecule has 0 fully saturated rings. The zero-order valence-electron chi connectivity index (χ0n) is 17.0. The van der Waals surface area contributed by atoms with Gasteiger partial charge in [0, 0.05) is 22.9 Å². The van der Waals surface area contributed by atoms with Gasteiger partial charge < -0.3 is 9.64 Å². The quantitative estimate of drug-likeness (QED) is 0.519. The Balaban J connectivity index is 1.53. The molecule has 1 unspecified atom stereocenters. The molecule has 0 saturated heterocycles. The fraction of sp³-hybridized carbons (Fsp3) is 0.240. The maximum Gasteiger partial charge on any atom is 0.412 e. The number of ether oxygens (including phenoxy) is 1. The summed E-state index contributed by atoms with van der Waals surface area (Å²) in [6, 6.07) is 23.6. The van der Waals surface area contributed by atoms with Gasteiger partial charge in [-0.15, -0.1) is 0 Å². The fourth-order valence-electron chi connectivity index (χ4n) is 3.80. The van der Waals surface area contributed by atoms with E-state index in [1.165, 1.54) is 11.3 Å². The van der Waals surface area contributed by atoms with Crippen molar-refractivity contribution in [2.75, 3.05) is 23.3 Å². The van der Waals surface area contributed by atoms with Crippen LogP contribution in [-0.2, 0) is 11.2 Å². The molecule has 1 heterocycles. The SMILES string of the molecule is Cc1ccc(NC(=O)OC(CN2CCCc3ccccc32)c2ccc(Cl)cc2)cc1. The van der Waals surface area contributed by atoms with Gasteiger partial charge in [0.15, 0.2) is 0 Å². The van der Waals surface area contributed by atoms with E-state index in [2.05, 4.69) is 34.5 Å². The van der Waals surface area contributed by atoms with Crippen LogP contribution >= 0.6 is 11.6 Å². The second kappa shape index (κ2) is 9.23. The number of nitrogens with zero attached hydrogens (tertiary/aromatic N) is 1. The number of nitrogens with one attached hydrogen (secondary N) is 1. The summed E-state index contributed by atoms with van der Waals surface area (Å²) in [6.45, 7) is 3.53.